The quantitative estimate of drug-likeness (QED) is 0.236. The van der Waals surface area contributed by atoms with Gasteiger partial charge in [-0.15, -0.1) is 35.3 Å². The summed E-state index contributed by atoms with van der Waals surface area (Å²) in [6, 6.07) is 5.86. The predicted molar refractivity (Wildman–Crippen MR) is 123 cm³/mol. The van der Waals surface area contributed by atoms with E-state index in [9.17, 15) is 0 Å². The van der Waals surface area contributed by atoms with Gasteiger partial charge < -0.3 is 20.1 Å². The number of halogens is 1. The molecule has 27 heavy (non-hydrogen) atoms. The third-order valence-electron chi connectivity index (χ3n) is 3.74. The van der Waals surface area contributed by atoms with Crippen LogP contribution in [0, 0.1) is 6.92 Å². The van der Waals surface area contributed by atoms with Gasteiger partial charge in [-0.2, -0.15) is 0 Å². The maximum absolute atomic E-state index is 5.34. The van der Waals surface area contributed by atoms with Gasteiger partial charge in [-0.05, 0) is 38.0 Å². The Morgan fingerprint density at radius 3 is 2.59 bits per heavy atom. The summed E-state index contributed by atoms with van der Waals surface area (Å²) in [5.41, 5.74) is 2.17. The van der Waals surface area contributed by atoms with Crippen molar-refractivity contribution >= 4 is 41.3 Å². The zero-order valence-corrected chi connectivity index (χ0v) is 19.5. The van der Waals surface area contributed by atoms with Crippen LogP contribution in [0.15, 0.2) is 28.6 Å². The maximum Gasteiger partial charge on any atom is 0.191 e. The molecule has 2 rings (SSSR count). The van der Waals surface area contributed by atoms with E-state index in [0.717, 1.165) is 54.6 Å². The molecule has 0 radical (unpaired) electrons. The molecule has 2 aromatic rings. The molecular weight excluding hydrogens is 475 g/mol. The third kappa shape index (κ3) is 7.92. The van der Waals surface area contributed by atoms with Crippen molar-refractivity contribution in [2.75, 3.05) is 27.3 Å². The number of aliphatic imine (C=N–C) groups is 1. The highest BCUT2D eigenvalue weighted by molar-refractivity contribution is 14.0. The van der Waals surface area contributed by atoms with E-state index in [2.05, 4.69) is 32.9 Å². The molecule has 2 N–H and O–H groups in total. The third-order valence-corrected chi connectivity index (χ3v) is 4.76. The normalized spacial score (nSPS) is 10.9. The molecule has 0 fully saturated rings. The predicted octanol–water partition coefficient (Wildman–Crippen LogP) is 3.77. The van der Waals surface area contributed by atoms with E-state index in [-0.39, 0.29) is 24.0 Å². The van der Waals surface area contributed by atoms with E-state index >= 15 is 0 Å². The zero-order valence-electron chi connectivity index (χ0n) is 16.4. The molecule has 150 valence electrons. The van der Waals surface area contributed by atoms with Gasteiger partial charge in [-0.3, -0.25) is 0 Å². The molecule has 0 amide bonds. The summed E-state index contributed by atoms with van der Waals surface area (Å²) in [7, 11) is 3.27. The van der Waals surface area contributed by atoms with Crippen LogP contribution in [0.4, 0.5) is 0 Å². The summed E-state index contributed by atoms with van der Waals surface area (Å²) in [6.07, 6.45) is 2.01. The van der Waals surface area contributed by atoms with Crippen LogP contribution >= 0.6 is 35.3 Å². The first-order valence-electron chi connectivity index (χ1n) is 8.80. The van der Waals surface area contributed by atoms with Gasteiger partial charge in [0.2, 0.25) is 0 Å². The first-order valence-corrected chi connectivity index (χ1v) is 9.68. The number of aryl methyl sites for hydroxylation is 2. The lowest BCUT2D eigenvalue weighted by Crippen LogP contribution is -2.37. The van der Waals surface area contributed by atoms with Crippen LogP contribution in [-0.2, 0) is 13.0 Å². The van der Waals surface area contributed by atoms with Crippen molar-refractivity contribution in [1.82, 2.24) is 15.6 Å². The summed E-state index contributed by atoms with van der Waals surface area (Å²) < 4.78 is 10.6. The first-order chi connectivity index (χ1) is 12.7. The Bertz CT molecular complexity index is 721. The van der Waals surface area contributed by atoms with Crippen LogP contribution in [0.5, 0.6) is 11.5 Å². The van der Waals surface area contributed by atoms with Crippen LogP contribution in [0.3, 0.4) is 0 Å². The van der Waals surface area contributed by atoms with Gasteiger partial charge in [-0.25, -0.2) is 9.98 Å². The number of guanidine groups is 1. The molecule has 0 aliphatic carbocycles. The lowest BCUT2D eigenvalue weighted by Gasteiger charge is -2.12. The lowest BCUT2D eigenvalue weighted by atomic mass is 10.2. The fourth-order valence-electron chi connectivity index (χ4n) is 2.46. The molecule has 0 aliphatic heterocycles. The van der Waals surface area contributed by atoms with Crippen LogP contribution < -0.4 is 20.1 Å². The van der Waals surface area contributed by atoms with E-state index in [0.29, 0.717) is 6.54 Å². The molecule has 0 bridgehead atoms. The number of aromatic nitrogens is 1. The van der Waals surface area contributed by atoms with Crippen molar-refractivity contribution < 1.29 is 9.47 Å². The summed E-state index contributed by atoms with van der Waals surface area (Å²) >= 11 is 1.73. The molecule has 1 aromatic heterocycles. The van der Waals surface area contributed by atoms with Crippen molar-refractivity contribution in [2.45, 2.75) is 33.2 Å². The van der Waals surface area contributed by atoms with Gasteiger partial charge in [0.25, 0.3) is 0 Å². The van der Waals surface area contributed by atoms with E-state index in [1.54, 1.807) is 25.6 Å². The number of thiazole rings is 1. The van der Waals surface area contributed by atoms with Gasteiger partial charge in [0, 0.05) is 30.6 Å². The fraction of sp³-hybridized carbons (Fsp3) is 0.474. The summed E-state index contributed by atoms with van der Waals surface area (Å²) in [4.78, 5) is 9.14. The molecular formula is C19H29IN4O2S. The Balaban J connectivity index is 0.00000364. The molecule has 0 atom stereocenters. The Labute approximate surface area is 182 Å². The van der Waals surface area contributed by atoms with Crippen molar-refractivity contribution in [3.63, 3.8) is 0 Å². The minimum absolute atomic E-state index is 0. The Kier molecular flexibility index (Phi) is 11.1. The first kappa shape index (κ1) is 23.5. The maximum atomic E-state index is 5.34. The smallest absolute Gasteiger partial charge is 0.191 e. The number of hydrogen-bond donors (Lipinski definition) is 2. The molecule has 0 spiro atoms. The van der Waals surface area contributed by atoms with E-state index in [1.165, 1.54) is 5.01 Å². The second-order valence-electron chi connectivity index (χ2n) is 5.80. The van der Waals surface area contributed by atoms with E-state index in [1.807, 2.05) is 25.1 Å². The molecule has 0 unspecified atom stereocenters. The highest BCUT2D eigenvalue weighted by Gasteiger charge is 2.05. The lowest BCUT2D eigenvalue weighted by molar-refractivity contribution is 0.354. The molecule has 6 nitrogen and oxygen atoms in total. The zero-order chi connectivity index (χ0) is 18.8. The number of ether oxygens (including phenoxy) is 2. The average Bonchev–Trinajstić information content (AvgIpc) is 3.07. The molecule has 0 aliphatic rings. The number of nitrogens with one attached hydrogen (secondary N) is 2. The minimum atomic E-state index is 0. The molecule has 0 saturated carbocycles. The summed E-state index contributed by atoms with van der Waals surface area (Å²) in [5, 5.41) is 9.94. The van der Waals surface area contributed by atoms with Gasteiger partial charge in [0.1, 0.15) is 0 Å². The minimum Gasteiger partial charge on any atom is -0.493 e. The van der Waals surface area contributed by atoms with Gasteiger partial charge in [0.05, 0.1) is 25.8 Å². The summed E-state index contributed by atoms with van der Waals surface area (Å²) in [6.45, 7) is 6.34. The number of rotatable bonds is 9. The molecule has 8 heteroatoms. The van der Waals surface area contributed by atoms with Gasteiger partial charge >= 0.3 is 0 Å². The van der Waals surface area contributed by atoms with Gasteiger partial charge in [-0.1, -0.05) is 6.07 Å². The monoisotopic (exact) mass is 504 g/mol. The topological polar surface area (TPSA) is 67.8 Å². The highest BCUT2D eigenvalue weighted by Crippen LogP contribution is 2.27. The van der Waals surface area contributed by atoms with Crippen LogP contribution in [0.1, 0.15) is 29.6 Å². The van der Waals surface area contributed by atoms with E-state index < -0.39 is 0 Å². The van der Waals surface area contributed by atoms with Crippen LogP contribution in [0.25, 0.3) is 0 Å². The highest BCUT2D eigenvalue weighted by atomic mass is 127. The largest absolute Gasteiger partial charge is 0.493 e. The second kappa shape index (κ2) is 12.8. The number of benzene rings is 1. The average molecular weight is 504 g/mol. The van der Waals surface area contributed by atoms with Crippen molar-refractivity contribution in [1.29, 1.82) is 0 Å². The summed E-state index contributed by atoms with van der Waals surface area (Å²) in [5.74, 6) is 2.26. The number of methoxy groups -OCH3 is 2. The van der Waals surface area contributed by atoms with Gasteiger partial charge in [0.15, 0.2) is 17.5 Å². The SMILES string of the molecule is CCNC(=NCc1ccc(OC)c(OC)c1)NCCCc1nc(C)cs1.I. The Morgan fingerprint density at radius 1 is 1.19 bits per heavy atom. The van der Waals surface area contributed by atoms with Crippen molar-refractivity contribution in [2.24, 2.45) is 4.99 Å². The van der Waals surface area contributed by atoms with Crippen LogP contribution in [-0.4, -0.2) is 38.3 Å². The number of nitrogens with zero attached hydrogens (tertiary/aromatic N) is 2. The Morgan fingerprint density at radius 2 is 1.96 bits per heavy atom. The van der Waals surface area contributed by atoms with Crippen molar-refractivity contribution in [3.05, 3.63) is 39.8 Å². The van der Waals surface area contributed by atoms with E-state index in [4.69, 9.17) is 9.47 Å². The fourth-order valence-corrected chi connectivity index (χ4v) is 3.27. The molecule has 1 aromatic carbocycles. The number of hydrogen-bond acceptors (Lipinski definition) is 5. The Hall–Kier alpha value is -1.55. The molecule has 0 saturated heterocycles. The molecule has 1 heterocycles. The van der Waals surface area contributed by atoms with Crippen molar-refractivity contribution in [3.8, 4) is 11.5 Å². The van der Waals surface area contributed by atoms with Crippen LogP contribution in [0.2, 0.25) is 0 Å². The standard InChI is InChI=1S/C19H28N4O2S.HI/c1-5-20-19(21-10-6-7-18-23-14(2)13-26-18)22-12-15-8-9-16(24-3)17(11-15)25-4;/h8-9,11,13H,5-7,10,12H2,1-4H3,(H2,20,21,22);1H. The second-order valence-corrected chi connectivity index (χ2v) is 6.74.